The third-order valence-electron chi connectivity index (χ3n) is 6.02. The van der Waals surface area contributed by atoms with Crippen LogP contribution in [0.15, 0.2) is 4.52 Å². The van der Waals surface area contributed by atoms with E-state index in [9.17, 15) is 4.79 Å². The zero-order valence-corrected chi connectivity index (χ0v) is 15.5. The molecule has 1 saturated heterocycles. The minimum absolute atomic E-state index is 0.0420. The average molecular weight is 362 g/mol. The fourth-order valence-electron chi connectivity index (χ4n) is 4.21. The van der Waals surface area contributed by atoms with Crippen LogP contribution in [0.3, 0.4) is 0 Å². The molecule has 3 fully saturated rings. The van der Waals surface area contributed by atoms with Crippen LogP contribution in [0.4, 0.5) is 4.79 Å². The molecule has 1 aliphatic heterocycles. The summed E-state index contributed by atoms with van der Waals surface area (Å²) in [5.41, 5.74) is 0. The Kier molecular flexibility index (Phi) is 5.72. The molecule has 26 heavy (non-hydrogen) atoms. The summed E-state index contributed by atoms with van der Waals surface area (Å²) in [7, 11) is 0. The lowest BCUT2D eigenvalue weighted by Gasteiger charge is -2.33. The number of urea groups is 1. The van der Waals surface area contributed by atoms with Gasteiger partial charge in [-0.3, -0.25) is 0 Å². The third kappa shape index (κ3) is 4.37. The largest absolute Gasteiger partial charge is 0.376 e. The van der Waals surface area contributed by atoms with E-state index < -0.39 is 0 Å². The van der Waals surface area contributed by atoms with Crippen molar-refractivity contribution in [1.29, 1.82) is 0 Å². The molecule has 0 aromatic carbocycles. The number of hydrogen-bond acceptors (Lipinski definition) is 5. The number of amides is 2. The van der Waals surface area contributed by atoms with Gasteiger partial charge in [0.15, 0.2) is 5.82 Å². The summed E-state index contributed by atoms with van der Waals surface area (Å²) in [6.45, 7) is 2.64. The highest BCUT2D eigenvalue weighted by Gasteiger charge is 2.28. The molecule has 1 aromatic heterocycles. The van der Waals surface area contributed by atoms with Gasteiger partial charge in [0.1, 0.15) is 0 Å². The number of nitrogens with zero attached hydrogens (tertiary/aromatic N) is 3. The molecule has 1 N–H and O–H groups in total. The second kappa shape index (κ2) is 8.37. The molecule has 0 bridgehead atoms. The van der Waals surface area contributed by atoms with Gasteiger partial charge in [-0.15, -0.1) is 0 Å². The summed E-state index contributed by atoms with van der Waals surface area (Å²) >= 11 is 0. The van der Waals surface area contributed by atoms with Crippen LogP contribution in [0.25, 0.3) is 0 Å². The van der Waals surface area contributed by atoms with E-state index in [4.69, 9.17) is 9.26 Å². The molecule has 1 aromatic rings. The van der Waals surface area contributed by atoms with Gasteiger partial charge in [-0.05, 0) is 44.4 Å². The van der Waals surface area contributed by atoms with Gasteiger partial charge in [0.2, 0.25) is 5.89 Å². The van der Waals surface area contributed by atoms with Crippen LogP contribution in [0.2, 0.25) is 0 Å². The normalized spacial score (nSPS) is 23.9. The molecule has 0 radical (unpaired) electrons. The molecule has 7 heteroatoms. The van der Waals surface area contributed by atoms with E-state index in [-0.39, 0.29) is 12.1 Å². The van der Waals surface area contributed by atoms with Gasteiger partial charge in [-0.1, -0.05) is 24.4 Å². The summed E-state index contributed by atoms with van der Waals surface area (Å²) in [5, 5.41) is 7.02. The van der Waals surface area contributed by atoms with Gasteiger partial charge in [0.25, 0.3) is 0 Å². The van der Waals surface area contributed by atoms with E-state index in [1.54, 1.807) is 0 Å². The minimum Gasteiger partial charge on any atom is -0.376 e. The van der Waals surface area contributed by atoms with Crippen LogP contribution in [-0.2, 0) is 11.3 Å². The number of nitrogens with one attached hydrogen (secondary N) is 1. The summed E-state index contributed by atoms with van der Waals surface area (Å²) in [6, 6.07) is -0.0420. The first-order chi connectivity index (χ1) is 12.8. The molecular weight excluding hydrogens is 332 g/mol. The molecule has 2 aliphatic carbocycles. The highest BCUT2D eigenvalue weighted by Crippen LogP contribution is 2.32. The van der Waals surface area contributed by atoms with Crippen LogP contribution in [-0.4, -0.2) is 46.9 Å². The van der Waals surface area contributed by atoms with Gasteiger partial charge in [0.05, 0.1) is 12.6 Å². The van der Waals surface area contributed by atoms with Gasteiger partial charge in [0, 0.05) is 25.6 Å². The number of carbonyl (C=O) groups excluding carboxylic acids is 1. The Morgan fingerprint density at radius 2 is 1.92 bits per heavy atom. The fourth-order valence-corrected chi connectivity index (χ4v) is 4.21. The summed E-state index contributed by atoms with van der Waals surface area (Å²) in [6.07, 6.45) is 10.8. The van der Waals surface area contributed by atoms with Crippen LogP contribution in [0.1, 0.15) is 75.4 Å². The van der Waals surface area contributed by atoms with Crippen molar-refractivity contribution < 1.29 is 14.1 Å². The van der Waals surface area contributed by atoms with Crippen molar-refractivity contribution in [2.75, 3.05) is 19.7 Å². The van der Waals surface area contributed by atoms with Crippen molar-refractivity contribution in [3.05, 3.63) is 11.7 Å². The van der Waals surface area contributed by atoms with Crippen molar-refractivity contribution in [2.45, 2.75) is 76.4 Å². The quantitative estimate of drug-likeness (QED) is 0.805. The highest BCUT2D eigenvalue weighted by molar-refractivity contribution is 5.74. The first-order valence-corrected chi connectivity index (χ1v) is 10.2. The summed E-state index contributed by atoms with van der Waals surface area (Å²) in [5.74, 6) is 2.35. The lowest BCUT2D eigenvalue weighted by atomic mass is 9.85. The lowest BCUT2D eigenvalue weighted by Crippen LogP contribution is -2.46. The molecule has 2 heterocycles. The molecule has 4 rings (SSSR count). The maximum atomic E-state index is 12.7. The number of ether oxygens (including phenoxy) is 1. The number of rotatable bonds is 7. The number of hydrogen-bond donors (Lipinski definition) is 1. The predicted molar refractivity (Wildman–Crippen MR) is 95.6 cm³/mol. The van der Waals surface area contributed by atoms with Crippen LogP contribution in [0, 0.1) is 5.92 Å². The molecule has 7 nitrogen and oxygen atoms in total. The number of carbonyl (C=O) groups is 1. The molecule has 0 spiro atoms. The van der Waals surface area contributed by atoms with Gasteiger partial charge >= 0.3 is 6.03 Å². The van der Waals surface area contributed by atoms with E-state index in [0.717, 1.165) is 44.7 Å². The zero-order chi connectivity index (χ0) is 17.8. The standard InChI is InChI=1S/C19H30N4O3/c24-19(20-11-17-21-18(26-22-17)15-7-1-2-8-15)23(12-14-5-3-6-14)13-16-9-4-10-25-16/h14-16H,1-13H2,(H,20,24)/t16-/m0/s1. The van der Waals surface area contributed by atoms with Crippen molar-refractivity contribution in [1.82, 2.24) is 20.4 Å². The molecule has 2 amide bonds. The molecule has 1 atom stereocenters. The Labute approximate surface area is 154 Å². The van der Waals surface area contributed by atoms with Crippen LogP contribution in [0.5, 0.6) is 0 Å². The van der Waals surface area contributed by atoms with E-state index >= 15 is 0 Å². The molecular formula is C19H30N4O3. The van der Waals surface area contributed by atoms with E-state index in [1.807, 2.05) is 4.90 Å². The van der Waals surface area contributed by atoms with Crippen molar-refractivity contribution in [3.63, 3.8) is 0 Å². The van der Waals surface area contributed by atoms with Crippen LogP contribution >= 0.6 is 0 Å². The highest BCUT2D eigenvalue weighted by atomic mass is 16.5. The average Bonchev–Trinajstić information content (AvgIpc) is 3.36. The zero-order valence-electron chi connectivity index (χ0n) is 15.5. The lowest BCUT2D eigenvalue weighted by molar-refractivity contribution is 0.0720. The topological polar surface area (TPSA) is 80.5 Å². The maximum absolute atomic E-state index is 12.7. The second-order valence-corrected chi connectivity index (χ2v) is 8.03. The van der Waals surface area contributed by atoms with Gasteiger partial charge in [-0.25, -0.2) is 4.79 Å². The van der Waals surface area contributed by atoms with Crippen molar-refractivity contribution in [2.24, 2.45) is 5.92 Å². The molecule has 144 valence electrons. The SMILES string of the molecule is O=C(NCc1noc(C2CCCC2)n1)N(CC1CCC1)C[C@@H]1CCCO1. The monoisotopic (exact) mass is 362 g/mol. The smallest absolute Gasteiger partial charge is 0.317 e. The van der Waals surface area contributed by atoms with E-state index in [1.165, 1.54) is 32.1 Å². The van der Waals surface area contributed by atoms with Crippen LogP contribution < -0.4 is 5.32 Å². The Morgan fingerprint density at radius 1 is 1.08 bits per heavy atom. The van der Waals surface area contributed by atoms with Gasteiger partial charge < -0.3 is 19.5 Å². The van der Waals surface area contributed by atoms with E-state index in [0.29, 0.717) is 30.7 Å². The summed E-state index contributed by atoms with van der Waals surface area (Å²) < 4.78 is 11.1. The van der Waals surface area contributed by atoms with Crippen molar-refractivity contribution in [3.8, 4) is 0 Å². The molecule has 0 unspecified atom stereocenters. The third-order valence-corrected chi connectivity index (χ3v) is 6.02. The Hall–Kier alpha value is -1.63. The second-order valence-electron chi connectivity index (χ2n) is 8.03. The maximum Gasteiger partial charge on any atom is 0.317 e. The number of aromatic nitrogens is 2. The van der Waals surface area contributed by atoms with Crippen molar-refractivity contribution >= 4 is 6.03 Å². The first kappa shape index (κ1) is 17.8. The molecule has 2 saturated carbocycles. The van der Waals surface area contributed by atoms with E-state index in [2.05, 4.69) is 15.5 Å². The first-order valence-electron chi connectivity index (χ1n) is 10.2. The Balaban J connectivity index is 1.30. The summed E-state index contributed by atoms with van der Waals surface area (Å²) in [4.78, 5) is 19.1. The fraction of sp³-hybridized carbons (Fsp3) is 0.842. The minimum atomic E-state index is -0.0420. The Morgan fingerprint density at radius 3 is 2.62 bits per heavy atom. The Bertz CT molecular complexity index is 589. The predicted octanol–water partition coefficient (Wildman–Crippen LogP) is 3.22. The molecule has 3 aliphatic rings. The van der Waals surface area contributed by atoms with Gasteiger partial charge in [-0.2, -0.15) is 4.98 Å².